The molecule has 1 aromatic carbocycles. The normalized spacial score (nSPS) is 25.8. The SMILES string of the molecule is Cc1ccc(-c2nc3c(=O)[nH]cnc3n2[C@@H]2O[C@H](CO)[C@@H](O)[C@H]2O)cc1. The van der Waals surface area contributed by atoms with E-state index >= 15 is 0 Å². The number of hydrogen-bond donors (Lipinski definition) is 4. The average molecular weight is 358 g/mol. The Morgan fingerprint density at radius 1 is 1.23 bits per heavy atom. The first-order valence-electron chi connectivity index (χ1n) is 8.16. The van der Waals surface area contributed by atoms with Crippen LogP contribution < -0.4 is 5.56 Å². The van der Waals surface area contributed by atoms with Crippen molar-refractivity contribution in [2.24, 2.45) is 0 Å². The van der Waals surface area contributed by atoms with Gasteiger partial charge in [-0.1, -0.05) is 29.8 Å². The number of H-pyrrole nitrogens is 1. The van der Waals surface area contributed by atoms with Gasteiger partial charge in [0.1, 0.15) is 24.1 Å². The molecule has 1 fully saturated rings. The highest BCUT2D eigenvalue weighted by Gasteiger charge is 2.45. The van der Waals surface area contributed by atoms with Gasteiger partial charge in [0.2, 0.25) is 0 Å². The smallest absolute Gasteiger partial charge is 0.278 e. The lowest BCUT2D eigenvalue weighted by Crippen LogP contribution is -2.33. The van der Waals surface area contributed by atoms with Crippen LogP contribution in [0.25, 0.3) is 22.6 Å². The number of aliphatic hydroxyl groups is 3. The van der Waals surface area contributed by atoms with E-state index in [1.807, 2.05) is 31.2 Å². The number of benzene rings is 1. The van der Waals surface area contributed by atoms with Gasteiger partial charge in [0.25, 0.3) is 5.56 Å². The molecule has 4 atom stereocenters. The van der Waals surface area contributed by atoms with Crippen molar-refractivity contribution in [2.75, 3.05) is 6.61 Å². The van der Waals surface area contributed by atoms with Crippen LogP contribution in [-0.4, -0.2) is 59.8 Å². The summed E-state index contributed by atoms with van der Waals surface area (Å²) in [4.78, 5) is 23.2. The molecule has 1 aliphatic heterocycles. The number of ether oxygens (including phenoxy) is 1. The summed E-state index contributed by atoms with van der Waals surface area (Å²) in [5.41, 5.74) is 1.65. The number of rotatable bonds is 3. The summed E-state index contributed by atoms with van der Waals surface area (Å²) < 4.78 is 7.12. The number of imidazole rings is 1. The van der Waals surface area contributed by atoms with Crippen LogP contribution in [0, 0.1) is 6.92 Å². The van der Waals surface area contributed by atoms with Crippen LogP contribution in [0.1, 0.15) is 11.8 Å². The van der Waals surface area contributed by atoms with E-state index in [1.165, 1.54) is 10.9 Å². The minimum absolute atomic E-state index is 0.0980. The molecule has 0 unspecified atom stereocenters. The second-order valence-corrected chi connectivity index (χ2v) is 6.30. The summed E-state index contributed by atoms with van der Waals surface area (Å²) >= 11 is 0. The molecule has 0 saturated carbocycles. The number of fused-ring (bicyclic) bond motifs is 1. The second kappa shape index (κ2) is 6.29. The third kappa shape index (κ3) is 2.53. The number of aromatic amines is 1. The fourth-order valence-corrected chi connectivity index (χ4v) is 3.16. The van der Waals surface area contributed by atoms with Crippen LogP contribution >= 0.6 is 0 Å². The summed E-state index contributed by atoms with van der Waals surface area (Å²) in [6, 6.07) is 7.47. The van der Waals surface area contributed by atoms with Crippen molar-refractivity contribution in [3.05, 3.63) is 46.5 Å². The van der Waals surface area contributed by atoms with Gasteiger partial charge < -0.3 is 25.0 Å². The minimum atomic E-state index is -1.31. The zero-order valence-electron chi connectivity index (χ0n) is 13.9. The van der Waals surface area contributed by atoms with Gasteiger partial charge in [0, 0.05) is 5.56 Å². The first-order valence-corrected chi connectivity index (χ1v) is 8.16. The molecule has 3 heterocycles. The monoisotopic (exact) mass is 358 g/mol. The molecule has 1 saturated heterocycles. The van der Waals surface area contributed by atoms with Crippen molar-refractivity contribution in [3.8, 4) is 11.4 Å². The Morgan fingerprint density at radius 2 is 1.96 bits per heavy atom. The van der Waals surface area contributed by atoms with Gasteiger partial charge in [-0.15, -0.1) is 0 Å². The van der Waals surface area contributed by atoms with E-state index in [4.69, 9.17) is 4.74 Å². The fourth-order valence-electron chi connectivity index (χ4n) is 3.16. The maximum Gasteiger partial charge on any atom is 0.278 e. The van der Waals surface area contributed by atoms with Crippen LogP contribution in [0.2, 0.25) is 0 Å². The third-order valence-corrected chi connectivity index (χ3v) is 4.56. The van der Waals surface area contributed by atoms with Crippen molar-refractivity contribution < 1.29 is 20.1 Å². The highest BCUT2D eigenvalue weighted by molar-refractivity contribution is 5.76. The van der Waals surface area contributed by atoms with Crippen molar-refractivity contribution in [3.63, 3.8) is 0 Å². The third-order valence-electron chi connectivity index (χ3n) is 4.56. The van der Waals surface area contributed by atoms with Gasteiger partial charge >= 0.3 is 0 Å². The molecule has 2 aromatic heterocycles. The van der Waals surface area contributed by atoms with E-state index in [1.54, 1.807) is 0 Å². The minimum Gasteiger partial charge on any atom is -0.394 e. The average Bonchev–Trinajstić information content (AvgIpc) is 3.15. The quantitative estimate of drug-likeness (QED) is 0.505. The number of nitrogens with one attached hydrogen (secondary N) is 1. The van der Waals surface area contributed by atoms with Crippen molar-refractivity contribution in [1.82, 2.24) is 19.5 Å². The van der Waals surface area contributed by atoms with Crippen molar-refractivity contribution >= 4 is 11.2 Å². The molecule has 9 heteroatoms. The zero-order valence-corrected chi connectivity index (χ0v) is 13.9. The van der Waals surface area contributed by atoms with E-state index in [0.29, 0.717) is 11.4 Å². The molecule has 4 rings (SSSR count). The lowest BCUT2D eigenvalue weighted by Gasteiger charge is -2.19. The molecule has 1 aliphatic rings. The van der Waals surface area contributed by atoms with Crippen molar-refractivity contribution in [2.45, 2.75) is 31.5 Å². The van der Waals surface area contributed by atoms with Crippen LogP contribution in [0.3, 0.4) is 0 Å². The van der Waals surface area contributed by atoms with E-state index < -0.39 is 36.7 Å². The number of nitrogens with zero attached hydrogens (tertiary/aromatic N) is 3. The molecule has 136 valence electrons. The lowest BCUT2D eigenvalue weighted by molar-refractivity contribution is -0.0503. The molecular weight excluding hydrogens is 340 g/mol. The molecule has 26 heavy (non-hydrogen) atoms. The summed E-state index contributed by atoms with van der Waals surface area (Å²) in [5.74, 6) is 0.374. The zero-order chi connectivity index (χ0) is 18.4. The summed E-state index contributed by atoms with van der Waals surface area (Å²) in [6.07, 6.45) is -3.33. The Bertz CT molecular complexity index is 997. The summed E-state index contributed by atoms with van der Waals surface area (Å²) in [7, 11) is 0. The molecule has 3 aromatic rings. The highest BCUT2D eigenvalue weighted by atomic mass is 16.6. The van der Waals surface area contributed by atoms with Crippen LogP contribution in [0.5, 0.6) is 0 Å². The van der Waals surface area contributed by atoms with Crippen molar-refractivity contribution in [1.29, 1.82) is 0 Å². The first-order chi connectivity index (χ1) is 12.5. The van der Waals surface area contributed by atoms with Gasteiger partial charge in [-0.3, -0.25) is 9.36 Å². The standard InChI is InChI=1S/C17H18N4O5/c1-8-2-4-9(5-3-8)14-20-11-15(18-7-19-16(11)25)21(14)17-13(24)12(23)10(6-22)26-17/h2-5,7,10,12-13,17,22-24H,6H2,1H3,(H,18,19,25)/t10-,12-,13-,17-/m1/s1. The fraction of sp³-hybridized carbons (Fsp3) is 0.353. The van der Waals surface area contributed by atoms with Gasteiger partial charge in [-0.2, -0.15) is 0 Å². The maximum absolute atomic E-state index is 12.1. The largest absolute Gasteiger partial charge is 0.394 e. The molecule has 0 bridgehead atoms. The Morgan fingerprint density at radius 3 is 2.62 bits per heavy atom. The first kappa shape index (κ1) is 16.9. The van der Waals surface area contributed by atoms with Gasteiger partial charge in [0.05, 0.1) is 12.9 Å². The summed E-state index contributed by atoms with van der Waals surface area (Å²) in [5, 5.41) is 29.9. The Hall–Kier alpha value is -2.59. The predicted molar refractivity (Wildman–Crippen MR) is 91.3 cm³/mol. The van der Waals surface area contributed by atoms with E-state index in [2.05, 4.69) is 15.0 Å². The molecule has 0 aliphatic carbocycles. The van der Waals surface area contributed by atoms with Gasteiger partial charge in [-0.25, -0.2) is 9.97 Å². The van der Waals surface area contributed by atoms with E-state index in [9.17, 15) is 20.1 Å². The topological polar surface area (TPSA) is 133 Å². The van der Waals surface area contributed by atoms with Crippen LogP contribution in [0.15, 0.2) is 35.4 Å². The molecular formula is C17H18N4O5. The van der Waals surface area contributed by atoms with E-state index in [0.717, 1.165) is 5.56 Å². The molecule has 0 amide bonds. The van der Waals surface area contributed by atoms with Gasteiger partial charge in [-0.05, 0) is 6.92 Å². The Balaban J connectivity index is 1.95. The Labute approximate surface area is 147 Å². The molecule has 0 radical (unpaired) electrons. The lowest BCUT2D eigenvalue weighted by atomic mass is 10.1. The number of aryl methyl sites for hydroxylation is 1. The van der Waals surface area contributed by atoms with Crippen LogP contribution in [0.4, 0.5) is 0 Å². The molecule has 9 nitrogen and oxygen atoms in total. The van der Waals surface area contributed by atoms with E-state index in [-0.39, 0.29) is 11.2 Å². The Kier molecular flexibility index (Phi) is 4.08. The maximum atomic E-state index is 12.1. The molecule has 4 N–H and O–H groups in total. The van der Waals surface area contributed by atoms with Crippen LogP contribution in [-0.2, 0) is 4.74 Å². The predicted octanol–water partition coefficient (Wildman–Crippen LogP) is -0.293. The number of aliphatic hydroxyl groups excluding tert-OH is 3. The number of hydrogen-bond acceptors (Lipinski definition) is 7. The number of aromatic nitrogens is 4. The second-order valence-electron chi connectivity index (χ2n) is 6.30. The summed E-state index contributed by atoms with van der Waals surface area (Å²) in [6.45, 7) is 1.50. The molecule has 0 spiro atoms. The van der Waals surface area contributed by atoms with Gasteiger partial charge in [0.15, 0.2) is 17.4 Å². The highest BCUT2D eigenvalue weighted by Crippen LogP contribution is 2.35.